The maximum Gasteiger partial charge on any atom is 0.277 e. The normalized spacial score (nSPS) is 10.5. The number of nitrogens with one attached hydrogen (secondary N) is 1. The van der Waals surface area contributed by atoms with Crippen LogP contribution in [-0.4, -0.2) is 38.1 Å². The number of phenols is 1. The molecule has 0 heterocycles. The number of ether oxygens (including phenoxy) is 3. The zero-order valence-electron chi connectivity index (χ0n) is 13.7. The molecular weight excluding hydrogens is 392 g/mol. The molecule has 0 aliphatic rings. The molecule has 0 radical (unpaired) electrons. The molecule has 2 rings (SSSR count). The molecule has 2 N–H and O–H groups in total. The van der Waals surface area contributed by atoms with Crippen molar-refractivity contribution in [2.24, 2.45) is 5.10 Å². The number of nitrogens with zero attached hydrogens (tertiary/aromatic N) is 1. The van der Waals surface area contributed by atoms with Gasteiger partial charge in [-0.1, -0.05) is 15.9 Å². The molecule has 2 aromatic rings. The lowest BCUT2D eigenvalue weighted by molar-refractivity contribution is -0.123. The highest BCUT2D eigenvalue weighted by Crippen LogP contribution is 2.36. The van der Waals surface area contributed by atoms with Crippen LogP contribution in [0.25, 0.3) is 0 Å². The molecule has 0 aliphatic heterocycles. The second kappa shape index (κ2) is 8.93. The number of methoxy groups -OCH3 is 2. The van der Waals surface area contributed by atoms with E-state index in [4.69, 9.17) is 14.2 Å². The molecule has 0 unspecified atom stereocenters. The van der Waals surface area contributed by atoms with Gasteiger partial charge in [0.25, 0.3) is 5.91 Å². The molecule has 0 bridgehead atoms. The summed E-state index contributed by atoms with van der Waals surface area (Å²) in [5, 5.41) is 13.7. The highest BCUT2D eigenvalue weighted by molar-refractivity contribution is 9.10. The standard InChI is InChI=1S/C17H17BrN2O5/c1-23-14-7-11(8-15(24-2)17(14)22)9-19-20-16(21)10-25-13-5-3-12(18)4-6-13/h3-9,22H,10H2,1-2H3,(H,20,21)/b19-9+. The van der Waals surface area contributed by atoms with E-state index in [1.165, 1.54) is 20.4 Å². The summed E-state index contributed by atoms with van der Waals surface area (Å²) in [7, 11) is 2.85. The van der Waals surface area contributed by atoms with Crippen LogP contribution in [0.3, 0.4) is 0 Å². The first-order chi connectivity index (χ1) is 12.0. The van der Waals surface area contributed by atoms with Crippen LogP contribution < -0.4 is 19.6 Å². The lowest BCUT2D eigenvalue weighted by Crippen LogP contribution is -2.24. The third-order valence-electron chi connectivity index (χ3n) is 3.09. The molecule has 0 aromatic heterocycles. The van der Waals surface area contributed by atoms with E-state index in [0.717, 1.165) is 4.47 Å². The van der Waals surface area contributed by atoms with Gasteiger partial charge >= 0.3 is 0 Å². The summed E-state index contributed by atoms with van der Waals surface area (Å²) in [6.07, 6.45) is 1.40. The molecule has 2 aromatic carbocycles. The molecule has 1 amide bonds. The molecule has 8 heteroatoms. The summed E-state index contributed by atoms with van der Waals surface area (Å²) in [5.41, 5.74) is 2.94. The molecule has 132 valence electrons. The third kappa shape index (κ3) is 5.39. The number of halogens is 1. The van der Waals surface area contributed by atoms with Crippen LogP contribution in [0.5, 0.6) is 23.0 Å². The number of phenolic OH excluding ortho intramolecular Hbond substituents is 1. The number of amides is 1. The van der Waals surface area contributed by atoms with E-state index in [9.17, 15) is 9.90 Å². The first-order valence-corrected chi connectivity index (χ1v) is 7.98. The van der Waals surface area contributed by atoms with Crippen LogP contribution in [-0.2, 0) is 4.79 Å². The molecular formula is C17H17BrN2O5. The molecule has 7 nitrogen and oxygen atoms in total. The molecule has 0 saturated heterocycles. The predicted molar refractivity (Wildman–Crippen MR) is 96.6 cm³/mol. The molecule has 0 atom stereocenters. The average Bonchev–Trinajstić information content (AvgIpc) is 2.62. The number of hydrazone groups is 1. The van der Waals surface area contributed by atoms with Crippen LogP contribution >= 0.6 is 15.9 Å². The largest absolute Gasteiger partial charge is 0.502 e. The van der Waals surface area contributed by atoms with Crippen LogP contribution in [0, 0.1) is 0 Å². The van der Waals surface area contributed by atoms with Crippen LogP contribution in [0.4, 0.5) is 0 Å². The Morgan fingerprint density at radius 3 is 2.36 bits per heavy atom. The first-order valence-electron chi connectivity index (χ1n) is 7.18. The van der Waals surface area contributed by atoms with Gasteiger partial charge < -0.3 is 19.3 Å². The van der Waals surface area contributed by atoms with E-state index in [-0.39, 0.29) is 23.9 Å². The monoisotopic (exact) mass is 408 g/mol. The Morgan fingerprint density at radius 2 is 1.80 bits per heavy atom. The molecule has 25 heavy (non-hydrogen) atoms. The average molecular weight is 409 g/mol. The van der Waals surface area contributed by atoms with Crippen molar-refractivity contribution in [3.05, 3.63) is 46.4 Å². The Labute approximate surface area is 153 Å². The van der Waals surface area contributed by atoms with Gasteiger partial charge in [0.2, 0.25) is 5.75 Å². The van der Waals surface area contributed by atoms with E-state index in [1.807, 2.05) is 12.1 Å². The first kappa shape index (κ1) is 18.6. The third-order valence-corrected chi connectivity index (χ3v) is 3.62. The van der Waals surface area contributed by atoms with Crippen molar-refractivity contribution in [2.75, 3.05) is 20.8 Å². The van der Waals surface area contributed by atoms with Crippen LogP contribution in [0.1, 0.15) is 5.56 Å². The van der Waals surface area contributed by atoms with Crippen molar-refractivity contribution < 1.29 is 24.1 Å². The summed E-state index contributed by atoms with van der Waals surface area (Å²) in [4.78, 5) is 11.7. The quantitative estimate of drug-likeness (QED) is 0.542. The second-order valence-electron chi connectivity index (χ2n) is 4.81. The summed E-state index contributed by atoms with van der Waals surface area (Å²) >= 11 is 3.32. The Bertz CT molecular complexity index is 737. The van der Waals surface area contributed by atoms with Gasteiger partial charge in [0.05, 0.1) is 20.4 Å². The second-order valence-corrected chi connectivity index (χ2v) is 5.73. The fourth-order valence-electron chi connectivity index (χ4n) is 1.88. The Kier molecular flexibility index (Phi) is 6.64. The Morgan fingerprint density at radius 1 is 1.20 bits per heavy atom. The Hall–Kier alpha value is -2.74. The number of hydrogen-bond donors (Lipinski definition) is 2. The van der Waals surface area contributed by atoms with Crippen molar-refractivity contribution in [2.45, 2.75) is 0 Å². The van der Waals surface area contributed by atoms with Gasteiger partial charge in [-0.05, 0) is 36.4 Å². The van der Waals surface area contributed by atoms with E-state index in [1.54, 1.807) is 24.3 Å². The summed E-state index contributed by atoms with van der Waals surface area (Å²) in [5.74, 6) is 0.553. The predicted octanol–water partition coefficient (Wildman–Crippen LogP) is 2.70. The minimum atomic E-state index is -0.406. The number of aromatic hydroxyl groups is 1. The van der Waals surface area contributed by atoms with Crippen LogP contribution in [0.2, 0.25) is 0 Å². The zero-order chi connectivity index (χ0) is 18.2. The van der Waals surface area contributed by atoms with Gasteiger partial charge in [-0.2, -0.15) is 5.10 Å². The number of hydrogen-bond acceptors (Lipinski definition) is 6. The SMILES string of the molecule is COc1cc(/C=N/NC(=O)COc2ccc(Br)cc2)cc(OC)c1O. The smallest absolute Gasteiger partial charge is 0.277 e. The lowest BCUT2D eigenvalue weighted by Gasteiger charge is -2.09. The van der Waals surface area contributed by atoms with Crippen molar-refractivity contribution in [3.8, 4) is 23.0 Å². The summed E-state index contributed by atoms with van der Waals surface area (Å²) in [6, 6.07) is 10.2. The fraction of sp³-hybridized carbons (Fsp3) is 0.176. The van der Waals surface area contributed by atoms with E-state index < -0.39 is 5.91 Å². The van der Waals surface area contributed by atoms with E-state index in [2.05, 4.69) is 26.5 Å². The number of carbonyl (C=O) groups excluding carboxylic acids is 1. The van der Waals surface area contributed by atoms with Gasteiger partial charge in [0.1, 0.15) is 5.75 Å². The number of rotatable bonds is 7. The van der Waals surface area contributed by atoms with Gasteiger partial charge in [-0.25, -0.2) is 5.43 Å². The van der Waals surface area contributed by atoms with Gasteiger partial charge in [0, 0.05) is 10.0 Å². The highest BCUT2D eigenvalue weighted by atomic mass is 79.9. The maximum atomic E-state index is 11.7. The number of benzene rings is 2. The van der Waals surface area contributed by atoms with Crippen molar-refractivity contribution in [1.82, 2.24) is 5.43 Å². The maximum absolute atomic E-state index is 11.7. The minimum absolute atomic E-state index is 0.103. The van der Waals surface area contributed by atoms with Crippen LogP contribution in [0.15, 0.2) is 46.0 Å². The zero-order valence-corrected chi connectivity index (χ0v) is 15.2. The van der Waals surface area contributed by atoms with Gasteiger partial charge in [-0.3, -0.25) is 4.79 Å². The van der Waals surface area contributed by atoms with E-state index in [0.29, 0.717) is 11.3 Å². The van der Waals surface area contributed by atoms with Crippen molar-refractivity contribution >= 4 is 28.1 Å². The van der Waals surface area contributed by atoms with Gasteiger partial charge in [0.15, 0.2) is 18.1 Å². The molecule has 0 spiro atoms. The highest BCUT2D eigenvalue weighted by Gasteiger charge is 2.10. The minimum Gasteiger partial charge on any atom is -0.502 e. The molecule has 0 aliphatic carbocycles. The Balaban J connectivity index is 1.91. The topological polar surface area (TPSA) is 89.4 Å². The van der Waals surface area contributed by atoms with E-state index >= 15 is 0 Å². The molecule has 0 fully saturated rings. The lowest BCUT2D eigenvalue weighted by atomic mass is 10.2. The molecule has 0 saturated carbocycles. The fourth-order valence-corrected chi connectivity index (χ4v) is 2.14. The van der Waals surface area contributed by atoms with Crippen molar-refractivity contribution in [1.29, 1.82) is 0 Å². The van der Waals surface area contributed by atoms with Crippen molar-refractivity contribution in [3.63, 3.8) is 0 Å². The number of carbonyl (C=O) groups is 1. The summed E-state index contributed by atoms with van der Waals surface area (Å²) in [6.45, 7) is -0.165. The summed E-state index contributed by atoms with van der Waals surface area (Å²) < 4.78 is 16.4. The van der Waals surface area contributed by atoms with Gasteiger partial charge in [-0.15, -0.1) is 0 Å².